The average Bonchev–Trinajstić information content (AvgIpc) is 1.68. The molecule has 5 aromatic heterocycles. The first-order chi connectivity index (χ1) is 65.2. The lowest BCUT2D eigenvalue weighted by Crippen LogP contribution is -2.32. The minimum Gasteiger partial charge on any atom is -0.367 e. The number of carbonyl (C=O) groups excluding carboxylic acids is 5. The van der Waals surface area contributed by atoms with Crippen LogP contribution in [0.1, 0.15) is 146 Å². The molecule has 137 heavy (non-hydrogen) atoms. The van der Waals surface area contributed by atoms with Gasteiger partial charge in [0.25, 0.3) is 0 Å². The summed E-state index contributed by atoms with van der Waals surface area (Å²) in [6.07, 6.45) is 0. The number of Topliss-reactive ketones (excluding diaryl/α,β-unsaturated/α-hetero) is 5. The van der Waals surface area contributed by atoms with Crippen molar-refractivity contribution in [3.63, 3.8) is 0 Å². The highest BCUT2D eigenvalue weighted by atomic mass is 35.5. The highest BCUT2D eigenvalue weighted by molar-refractivity contribution is 6.35. The third kappa shape index (κ3) is 31.3. The normalized spacial score (nSPS) is 11.5. The van der Waals surface area contributed by atoms with Crippen molar-refractivity contribution in [1.82, 2.24) is 48.9 Å². The number of ketones is 5. The first-order valence-corrected chi connectivity index (χ1v) is 47.3. The van der Waals surface area contributed by atoms with Gasteiger partial charge < -0.3 is 23.7 Å². The summed E-state index contributed by atoms with van der Waals surface area (Å²) in [5.74, 6) is -0.113. The minimum atomic E-state index is -0.864. The van der Waals surface area contributed by atoms with Crippen LogP contribution in [0.2, 0.25) is 45.2 Å². The monoisotopic (exact) mass is 2020 g/mol. The van der Waals surface area contributed by atoms with Crippen molar-refractivity contribution in [3.8, 4) is 56.3 Å². The molecule has 0 aliphatic carbocycles. The van der Waals surface area contributed by atoms with E-state index in [1.54, 1.807) is 67.5 Å². The molecule has 0 saturated carbocycles. The van der Waals surface area contributed by atoms with Crippen LogP contribution in [-0.2, 0) is 113 Å². The second kappa shape index (κ2) is 49.5. The van der Waals surface area contributed by atoms with Gasteiger partial charge in [0.2, 0.25) is 0 Å². The van der Waals surface area contributed by atoms with Gasteiger partial charge in [-0.25, -0.2) is 0 Å². The Balaban J connectivity index is 0.000000164. The number of benzene rings is 10. The van der Waals surface area contributed by atoms with Gasteiger partial charge in [-0.05, 0) is 238 Å². The fourth-order valence-electron chi connectivity index (χ4n) is 13.3. The van der Waals surface area contributed by atoms with Gasteiger partial charge in [0.1, 0.15) is 29.0 Å². The van der Waals surface area contributed by atoms with Crippen molar-refractivity contribution in [3.05, 3.63) is 381 Å². The van der Waals surface area contributed by atoms with Gasteiger partial charge in [0, 0.05) is 56.3 Å². The molecule has 0 fully saturated rings. The Morgan fingerprint density at radius 2 is 0.555 bits per heavy atom. The van der Waals surface area contributed by atoms with Crippen LogP contribution in [0.25, 0.3) is 56.3 Å². The molecular formula is C108H107Cl9N10O10. The predicted molar refractivity (Wildman–Crippen MR) is 550 cm³/mol. The zero-order chi connectivity index (χ0) is 98.9. The molecule has 0 amide bonds. The van der Waals surface area contributed by atoms with Crippen LogP contribution in [0.15, 0.2) is 279 Å². The maximum atomic E-state index is 11.7. The van der Waals surface area contributed by atoms with E-state index in [9.17, 15) is 24.0 Å². The van der Waals surface area contributed by atoms with E-state index in [2.05, 4.69) is 22.3 Å². The molecule has 0 bridgehead atoms. The molecule has 0 spiro atoms. The number of nitrogens with zero attached hydrogens (tertiary/aromatic N) is 10. The zero-order valence-corrected chi connectivity index (χ0v) is 85.1. The topological polar surface area (TPSA) is 221 Å². The molecule has 0 unspecified atom stereocenters. The van der Waals surface area contributed by atoms with Crippen LogP contribution in [0, 0.1) is 0 Å². The largest absolute Gasteiger partial charge is 0.367 e. The highest BCUT2D eigenvalue weighted by Gasteiger charge is 2.30. The molecule has 5 heterocycles. The Kier molecular flexibility index (Phi) is 38.5. The molecule has 0 aliphatic rings. The van der Waals surface area contributed by atoms with E-state index in [1.165, 1.54) is 34.6 Å². The molecule has 29 heteroatoms. The number of carbonyl (C=O) groups is 5. The summed E-state index contributed by atoms with van der Waals surface area (Å²) in [6.45, 7) is 25.7. The molecule has 0 aliphatic heterocycles. The van der Waals surface area contributed by atoms with Crippen LogP contribution >= 0.6 is 104 Å². The van der Waals surface area contributed by atoms with Crippen LogP contribution in [0.3, 0.4) is 0 Å². The van der Waals surface area contributed by atoms with Gasteiger partial charge in [0.05, 0.1) is 123 Å². The summed E-state index contributed by atoms with van der Waals surface area (Å²) in [6, 6.07) is 89.0. The van der Waals surface area contributed by atoms with Crippen molar-refractivity contribution < 1.29 is 47.7 Å². The Hall–Kier alpha value is -11.0. The maximum absolute atomic E-state index is 11.7. The summed E-state index contributed by atoms with van der Waals surface area (Å²) in [7, 11) is 0. The molecule has 0 atom stereocenters. The third-order valence-corrected chi connectivity index (χ3v) is 25.1. The highest BCUT2D eigenvalue weighted by Crippen LogP contribution is 2.35. The summed E-state index contributed by atoms with van der Waals surface area (Å²) in [5, 5.41) is 29.3. The van der Waals surface area contributed by atoms with Gasteiger partial charge in [-0.2, -0.15) is 25.5 Å². The fraction of sp³-hybridized carbons (Fsp3) is 0.259. The van der Waals surface area contributed by atoms with Gasteiger partial charge in [-0.1, -0.05) is 280 Å². The van der Waals surface area contributed by atoms with Crippen molar-refractivity contribution in [2.75, 3.05) is 6.61 Å². The minimum absolute atomic E-state index is 0.0101. The van der Waals surface area contributed by atoms with Gasteiger partial charge >= 0.3 is 0 Å². The summed E-state index contributed by atoms with van der Waals surface area (Å²) in [4.78, 5) is 57.9. The smallest absolute Gasteiger partial charge is 0.161 e. The van der Waals surface area contributed by atoms with Gasteiger partial charge in [-0.15, -0.1) is 0 Å². The summed E-state index contributed by atoms with van der Waals surface area (Å²) >= 11 is 55.9. The zero-order valence-electron chi connectivity index (χ0n) is 78.3. The standard InChI is InChI=1S/2C22H22Cl2N2O2.2C22H23ClN2O2.C20H17Cl3N2O2/c1-15(27)22(2,3)28-14-17-12-21(18-9-5-7-11-20(18)24)26(25-17)13-16-8-4-6-10-19(16)23;1-15(27)22(2,3)28-14-19-12-21(16-8-6-9-18(23)11-16)26(25-19)13-17-7-4-5-10-20(17)24;1-16(26)22(2,3)27-15-19-13-21(17-9-5-4-6-10-17)25(24-19)14-18-11-7-8-12-20(18)23;1-16(26)22(2,3)27-15-20-13-21(18-9-11-19(23)12-10-18)25(24-20)14-17-7-5-4-6-8-17;1-13(26)11-27-12-18-9-20(14-2-5-16(21)6-3-14)25(24-18)10-15-4-7-17(22)8-19(15)23/h2*4-12H,13-14H2,1-3H3;2*4-13H,14-15H2,1-3H3;2-9H,10-12H2,1H3. The Bertz CT molecular complexity index is 6630. The van der Waals surface area contributed by atoms with E-state index in [1.807, 2.05) is 278 Å². The third-order valence-electron chi connectivity index (χ3n) is 22.4. The second-order valence-corrected chi connectivity index (χ2v) is 38.2. The SMILES string of the molecule is CC(=O)C(C)(C)OCc1cc(-c2ccc(Cl)cc2)n(Cc2ccccc2)n1.CC(=O)C(C)(C)OCc1cc(-c2cccc(Cl)c2)n(Cc2ccccc2Cl)n1.CC(=O)C(C)(C)OCc1cc(-c2ccccc2)n(Cc2ccccc2Cl)n1.CC(=O)C(C)(C)OCc1cc(-c2ccccc2Cl)n(Cc2ccccc2Cl)n1.CC(=O)COCc1cc(-c2ccc(Cl)cc2)n(Cc2ccc(Cl)cc2Cl)n1. The van der Waals surface area contributed by atoms with Crippen molar-refractivity contribution in [1.29, 1.82) is 0 Å². The molecular weight excluding hydrogens is 1920 g/mol. The summed E-state index contributed by atoms with van der Waals surface area (Å²) < 4.78 is 38.1. The van der Waals surface area contributed by atoms with Gasteiger partial charge in [0.15, 0.2) is 28.9 Å². The summed E-state index contributed by atoms with van der Waals surface area (Å²) in [5.41, 5.74) is 14.8. The fourth-order valence-corrected chi connectivity index (χ4v) is 15.0. The maximum Gasteiger partial charge on any atom is 0.161 e. The first kappa shape index (κ1) is 106. The Morgan fingerprint density at radius 3 is 0.912 bits per heavy atom. The van der Waals surface area contributed by atoms with E-state index >= 15 is 0 Å². The predicted octanol–water partition coefficient (Wildman–Crippen LogP) is 27.5. The molecule has 0 N–H and O–H groups in total. The Morgan fingerprint density at radius 1 is 0.263 bits per heavy atom. The molecule has 712 valence electrons. The van der Waals surface area contributed by atoms with E-state index in [0.29, 0.717) is 77.9 Å². The number of hydrogen-bond acceptors (Lipinski definition) is 15. The molecule has 15 rings (SSSR count). The molecule has 15 aromatic rings. The molecule has 20 nitrogen and oxygen atoms in total. The second-order valence-electron chi connectivity index (χ2n) is 34.4. The van der Waals surface area contributed by atoms with Crippen molar-refractivity contribution >= 4 is 133 Å². The number of hydrogen-bond donors (Lipinski definition) is 0. The first-order valence-electron chi connectivity index (χ1n) is 43.9. The molecule has 0 saturated heterocycles. The lowest BCUT2D eigenvalue weighted by Gasteiger charge is -2.21. The van der Waals surface area contributed by atoms with Crippen molar-refractivity contribution in [2.24, 2.45) is 0 Å². The van der Waals surface area contributed by atoms with E-state index < -0.39 is 22.4 Å². The Labute approximate surface area is 844 Å². The number of ether oxygens (including phenoxy) is 5. The molecule has 0 radical (unpaired) electrons. The van der Waals surface area contributed by atoms with E-state index in [-0.39, 0.29) is 68.6 Å². The quantitative estimate of drug-likeness (QED) is 0.0360. The van der Waals surface area contributed by atoms with Gasteiger partial charge in [-0.3, -0.25) is 47.4 Å². The van der Waals surface area contributed by atoms with E-state index in [0.717, 1.165) is 113 Å². The van der Waals surface area contributed by atoms with Crippen LogP contribution in [-0.4, -0.2) is 107 Å². The van der Waals surface area contributed by atoms with Crippen LogP contribution < -0.4 is 0 Å². The van der Waals surface area contributed by atoms with Crippen LogP contribution in [0.4, 0.5) is 0 Å². The number of rotatable bonds is 35. The van der Waals surface area contributed by atoms with E-state index in [4.69, 9.17) is 143 Å². The molecule has 10 aromatic carbocycles. The lowest BCUT2D eigenvalue weighted by atomic mass is 10.1. The number of aromatic nitrogens is 10. The van der Waals surface area contributed by atoms with Crippen molar-refractivity contribution in [2.45, 2.75) is 178 Å². The lowest BCUT2D eigenvalue weighted by molar-refractivity contribution is -0.140. The average molecular weight is 2020 g/mol. The van der Waals surface area contributed by atoms with Crippen LogP contribution in [0.5, 0.6) is 0 Å². The number of halogens is 9.